The van der Waals surface area contributed by atoms with E-state index in [1.165, 1.54) is 0 Å². The first-order valence-corrected chi connectivity index (χ1v) is 7.08. The first-order valence-electron chi connectivity index (χ1n) is 6.70. The molecule has 2 saturated heterocycles. The SMILES string of the molecule is Nc1cc(Cl)cc(-c2nnnn2C2CC3CCC2O3)c1. The number of halogens is 1. The number of benzene rings is 1. The number of hydrogen-bond donors (Lipinski definition) is 1. The van der Waals surface area contributed by atoms with Crippen LogP contribution in [0.25, 0.3) is 11.4 Å². The fraction of sp³-hybridized carbons (Fsp3) is 0.462. The standard InChI is InChI=1S/C13H14ClN5O/c14-8-3-7(4-9(15)5-8)13-16-17-18-19(13)11-6-10-1-2-12(11)20-10/h3-5,10-12H,1-2,6,15H2. The second-order valence-corrected chi connectivity index (χ2v) is 5.83. The predicted molar refractivity (Wildman–Crippen MR) is 74.2 cm³/mol. The molecule has 3 heterocycles. The summed E-state index contributed by atoms with van der Waals surface area (Å²) in [5.74, 6) is 0.695. The first kappa shape index (κ1) is 12.1. The molecule has 6 nitrogen and oxygen atoms in total. The smallest absolute Gasteiger partial charge is 0.182 e. The Kier molecular flexibility index (Phi) is 2.68. The van der Waals surface area contributed by atoms with Gasteiger partial charge in [0.1, 0.15) is 0 Å². The van der Waals surface area contributed by atoms with E-state index < -0.39 is 0 Å². The zero-order chi connectivity index (χ0) is 13.7. The molecule has 0 amide bonds. The molecule has 2 fully saturated rings. The Balaban J connectivity index is 1.75. The summed E-state index contributed by atoms with van der Waals surface area (Å²) in [4.78, 5) is 0. The number of hydrogen-bond acceptors (Lipinski definition) is 5. The summed E-state index contributed by atoms with van der Waals surface area (Å²) >= 11 is 6.06. The number of fused-ring (bicyclic) bond motifs is 2. The van der Waals surface area contributed by atoms with Crippen LogP contribution in [-0.4, -0.2) is 32.4 Å². The van der Waals surface area contributed by atoms with Gasteiger partial charge in [-0.25, -0.2) is 4.68 Å². The molecule has 2 aromatic rings. The quantitative estimate of drug-likeness (QED) is 0.857. The number of rotatable bonds is 2. The highest BCUT2D eigenvalue weighted by Gasteiger charge is 2.43. The molecule has 3 unspecified atom stereocenters. The van der Waals surface area contributed by atoms with E-state index in [-0.39, 0.29) is 12.1 Å². The van der Waals surface area contributed by atoms with E-state index in [0.29, 0.717) is 22.6 Å². The van der Waals surface area contributed by atoms with Crippen molar-refractivity contribution in [3.63, 3.8) is 0 Å². The molecule has 7 heteroatoms. The Labute approximate surface area is 120 Å². The molecule has 0 spiro atoms. The highest BCUT2D eigenvalue weighted by atomic mass is 35.5. The molecule has 0 radical (unpaired) electrons. The molecule has 4 rings (SSSR count). The lowest BCUT2D eigenvalue weighted by Crippen LogP contribution is -2.22. The Morgan fingerprint density at radius 3 is 2.90 bits per heavy atom. The average Bonchev–Trinajstić information content (AvgIpc) is 3.13. The normalized spacial score (nSPS) is 28.1. The minimum Gasteiger partial charge on any atom is -0.399 e. The van der Waals surface area contributed by atoms with Crippen LogP contribution in [0.5, 0.6) is 0 Å². The van der Waals surface area contributed by atoms with Crippen LogP contribution in [0.15, 0.2) is 18.2 Å². The van der Waals surface area contributed by atoms with Gasteiger partial charge in [-0.15, -0.1) is 5.10 Å². The highest BCUT2D eigenvalue weighted by molar-refractivity contribution is 6.31. The molecule has 2 aliphatic heterocycles. The number of nitrogens with zero attached hydrogens (tertiary/aromatic N) is 4. The number of aromatic nitrogens is 4. The molecule has 3 atom stereocenters. The van der Waals surface area contributed by atoms with Crippen molar-refractivity contribution in [2.75, 3.05) is 5.73 Å². The van der Waals surface area contributed by atoms with Crippen LogP contribution in [0.1, 0.15) is 25.3 Å². The van der Waals surface area contributed by atoms with Gasteiger partial charge in [-0.1, -0.05) is 11.6 Å². The van der Waals surface area contributed by atoms with Gasteiger partial charge in [0.05, 0.1) is 18.2 Å². The molecule has 1 aromatic heterocycles. The maximum Gasteiger partial charge on any atom is 0.182 e. The van der Waals surface area contributed by atoms with Gasteiger partial charge in [0.25, 0.3) is 0 Å². The Morgan fingerprint density at radius 1 is 1.30 bits per heavy atom. The molecule has 2 aliphatic rings. The predicted octanol–water partition coefficient (Wildman–Crippen LogP) is 2.07. The number of nitrogens with two attached hydrogens (primary N) is 1. The average molecular weight is 292 g/mol. The van der Waals surface area contributed by atoms with Crippen LogP contribution < -0.4 is 5.73 Å². The van der Waals surface area contributed by atoms with Crippen molar-refractivity contribution < 1.29 is 4.74 Å². The lowest BCUT2D eigenvalue weighted by Gasteiger charge is -2.19. The van der Waals surface area contributed by atoms with Crippen molar-refractivity contribution in [2.24, 2.45) is 0 Å². The van der Waals surface area contributed by atoms with Gasteiger partial charge in [0.2, 0.25) is 0 Å². The largest absolute Gasteiger partial charge is 0.399 e. The third-order valence-electron chi connectivity index (χ3n) is 4.06. The van der Waals surface area contributed by atoms with Gasteiger partial charge >= 0.3 is 0 Å². The first-order chi connectivity index (χ1) is 9.70. The van der Waals surface area contributed by atoms with Crippen molar-refractivity contribution in [3.8, 4) is 11.4 Å². The van der Waals surface area contributed by atoms with Crippen LogP contribution in [0.4, 0.5) is 5.69 Å². The van der Waals surface area contributed by atoms with Gasteiger partial charge in [-0.3, -0.25) is 0 Å². The maximum absolute atomic E-state index is 6.06. The minimum absolute atomic E-state index is 0.207. The van der Waals surface area contributed by atoms with Crippen LogP contribution in [0.3, 0.4) is 0 Å². The van der Waals surface area contributed by atoms with Gasteiger partial charge in [-0.2, -0.15) is 0 Å². The van der Waals surface area contributed by atoms with E-state index in [2.05, 4.69) is 15.5 Å². The Bertz CT molecular complexity index is 638. The zero-order valence-corrected chi connectivity index (χ0v) is 11.5. The molecule has 2 N–H and O–H groups in total. The monoisotopic (exact) mass is 291 g/mol. The Morgan fingerprint density at radius 2 is 2.20 bits per heavy atom. The molecule has 1 aromatic carbocycles. The van der Waals surface area contributed by atoms with Crippen LogP contribution in [0.2, 0.25) is 5.02 Å². The Hall–Kier alpha value is -1.66. The summed E-state index contributed by atoms with van der Waals surface area (Å²) in [7, 11) is 0. The number of nitrogen functional groups attached to an aromatic ring is 1. The molecule has 104 valence electrons. The van der Waals surface area contributed by atoms with E-state index >= 15 is 0 Å². The third-order valence-corrected chi connectivity index (χ3v) is 4.28. The number of tetrazole rings is 1. The molecular weight excluding hydrogens is 278 g/mol. The van der Waals surface area contributed by atoms with E-state index in [9.17, 15) is 0 Å². The third kappa shape index (κ3) is 1.87. The van der Waals surface area contributed by atoms with Crippen LogP contribution >= 0.6 is 11.6 Å². The van der Waals surface area contributed by atoms with E-state index in [0.717, 1.165) is 24.8 Å². The summed E-state index contributed by atoms with van der Waals surface area (Å²) < 4.78 is 7.74. The van der Waals surface area contributed by atoms with Crippen molar-refractivity contribution in [2.45, 2.75) is 37.5 Å². The molecule has 0 saturated carbocycles. The lowest BCUT2D eigenvalue weighted by atomic mass is 9.95. The molecule has 2 bridgehead atoms. The summed E-state index contributed by atoms with van der Waals surface area (Å²) in [6.07, 6.45) is 3.76. The van der Waals surface area contributed by atoms with Crippen molar-refractivity contribution in [1.82, 2.24) is 20.2 Å². The van der Waals surface area contributed by atoms with E-state index in [1.807, 2.05) is 16.8 Å². The van der Waals surface area contributed by atoms with Gasteiger partial charge in [0.15, 0.2) is 5.82 Å². The van der Waals surface area contributed by atoms with E-state index in [1.54, 1.807) is 6.07 Å². The summed E-state index contributed by atoms with van der Waals surface area (Å²) in [6.45, 7) is 0. The maximum atomic E-state index is 6.06. The number of ether oxygens (including phenoxy) is 1. The number of anilines is 1. The molecular formula is C13H14ClN5O. The van der Waals surface area contributed by atoms with Gasteiger partial charge < -0.3 is 10.5 Å². The van der Waals surface area contributed by atoms with Crippen molar-refractivity contribution >= 4 is 17.3 Å². The van der Waals surface area contributed by atoms with Crippen LogP contribution in [0, 0.1) is 0 Å². The fourth-order valence-corrected chi connectivity index (χ4v) is 3.46. The fourth-order valence-electron chi connectivity index (χ4n) is 3.22. The summed E-state index contributed by atoms with van der Waals surface area (Å²) in [5.41, 5.74) is 7.28. The molecule has 0 aliphatic carbocycles. The topological polar surface area (TPSA) is 78.9 Å². The second kappa shape index (κ2) is 4.43. The molecule has 20 heavy (non-hydrogen) atoms. The van der Waals surface area contributed by atoms with Gasteiger partial charge in [0, 0.05) is 16.3 Å². The van der Waals surface area contributed by atoms with Crippen molar-refractivity contribution in [1.29, 1.82) is 0 Å². The van der Waals surface area contributed by atoms with E-state index in [4.69, 9.17) is 22.1 Å². The minimum atomic E-state index is 0.207. The lowest BCUT2D eigenvalue weighted by molar-refractivity contribution is 0.0922. The van der Waals surface area contributed by atoms with Gasteiger partial charge in [-0.05, 0) is 47.9 Å². The summed E-state index contributed by atoms with van der Waals surface area (Å²) in [6, 6.07) is 5.58. The van der Waals surface area contributed by atoms with Crippen molar-refractivity contribution in [3.05, 3.63) is 23.2 Å². The second-order valence-electron chi connectivity index (χ2n) is 5.40. The summed E-state index contributed by atoms with van der Waals surface area (Å²) in [5, 5.41) is 12.7. The highest BCUT2D eigenvalue weighted by Crippen LogP contribution is 2.42. The van der Waals surface area contributed by atoms with Crippen LogP contribution in [-0.2, 0) is 4.74 Å². The zero-order valence-electron chi connectivity index (χ0n) is 10.7.